The topological polar surface area (TPSA) is 83.6 Å². The predicted octanol–water partition coefficient (Wildman–Crippen LogP) is 3.63. The van der Waals surface area contributed by atoms with E-state index in [4.69, 9.17) is 5.26 Å². The molecule has 0 aliphatic rings. The molecule has 1 atom stereocenters. The number of carbonyl (C=O) groups excluding carboxylic acids is 1. The third kappa shape index (κ3) is 4.74. The average Bonchev–Trinajstić information content (AvgIpc) is 3.02. The Morgan fingerprint density at radius 2 is 2.00 bits per heavy atom. The molecular formula is C20H19N5OS. The van der Waals surface area contributed by atoms with Crippen LogP contribution in [-0.4, -0.2) is 25.9 Å². The van der Waals surface area contributed by atoms with Crippen molar-refractivity contribution in [3.05, 3.63) is 71.5 Å². The molecule has 0 bridgehead atoms. The van der Waals surface area contributed by atoms with Crippen LogP contribution in [0.5, 0.6) is 0 Å². The van der Waals surface area contributed by atoms with Gasteiger partial charge in [-0.25, -0.2) is 0 Å². The van der Waals surface area contributed by atoms with Gasteiger partial charge in [-0.15, -0.1) is 10.2 Å². The molecule has 0 unspecified atom stereocenters. The molecule has 6 nitrogen and oxygen atoms in total. The molecule has 0 aliphatic heterocycles. The molecule has 1 amide bonds. The van der Waals surface area contributed by atoms with Gasteiger partial charge in [0.05, 0.1) is 23.4 Å². The zero-order chi connectivity index (χ0) is 19.2. The monoisotopic (exact) mass is 377 g/mol. The lowest BCUT2D eigenvalue weighted by molar-refractivity contribution is -0.115. The maximum absolute atomic E-state index is 12.5. The fraction of sp³-hybridized carbons (Fsp3) is 0.200. The minimum absolute atomic E-state index is 0.151. The minimum atomic E-state index is -0.367. The van der Waals surface area contributed by atoms with Gasteiger partial charge < -0.3 is 9.88 Å². The maximum Gasteiger partial charge on any atom is 0.237 e. The van der Waals surface area contributed by atoms with E-state index in [9.17, 15) is 4.79 Å². The SMILES string of the molecule is Cc1nnc(S[C@H](C)C(=O)Nc2cccc(C#N)c2)n1Cc1ccccc1. The molecule has 0 saturated heterocycles. The molecule has 7 heteroatoms. The zero-order valence-corrected chi connectivity index (χ0v) is 15.9. The van der Waals surface area contributed by atoms with Crippen molar-refractivity contribution in [3.8, 4) is 6.07 Å². The summed E-state index contributed by atoms with van der Waals surface area (Å²) >= 11 is 1.36. The Morgan fingerprint density at radius 3 is 2.74 bits per heavy atom. The van der Waals surface area contributed by atoms with Gasteiger partial charge in [-0.1, -0.05) is 48.2 Å². The van der Waals surface area contributed by atoms with E-state index < -0.39 is 0 Å². The number of hydrogen-bond donors (Lipinski definition) is 1. The van der Waals surface area contributed by atoms with Crippen molar-refractivity contribution in [2.75, 3.05) is 5.32 Å². The summed E-state index contributed by atoms with van der Waals surface area (Å²) in [6, 6.07) is 19.0. The third-order valence-corrected chi connectivity index (χ3v) is 5.08. The molecular weight excluding hydrogens is 358 g/mol. The normalized spacial score (nSPS) is 11.6. The van der Waals surface area contributed by atoms with Gasteiger partial charge in [0.15, 0.2) is 5.16 Å². The molecule has 2 aromatic carbocycles. The van der Waals surface area contributed by atoms with E-state index >= 15 is 0 Å². The second-order valence-electron chi connectivity index (χ2n) is 6.04. The smallest absolute Gasteiger partial charge is 0.237 e. The second-order valence-corrected chi connectivity index (χ2v) is 7.35. The first-order valence-corrected chi connectivity index (χ1v) is 9.36. The summed E-state index contributed by atoms with van der Waals surface area (Å²) in [4.78, 5) is 12.5. The van der Waals surface area contributed by atoms with Crippen LogP contribution in [0, 0.1) is 18.3 Å². The van der Waals surface area contributed by atoms with Crippen molar-refractivity contribution in [2.45, 2.75) is 30.8 Å². The molecule has 0 radical (unpaired) electrons. The summed E-state index contributed by atoms with van der Waals surface area (Å²) in [6.07, 6.45) is 0. The van der Waals surface area contributed by atoms with Gasteiger partial charge in [-0.3, -0.25) is 4.79 Å². The van der Waals surface area contributed by atoms with Crippen molar-refractivity contribution >= 4 is 23.4 Å². The molecule has 0 fully saturated rings. The molecule has 0 spiro atoms. The highest BCUT2D eigenvalue weighted by Crippen LogP contribution is 2.24. The highest BCUT2D eigenvalue weighted by molar-refractivity contribution is 8.00. The number of benzene rings is 2. The summed E-state index contributed by atoms with van der Waals surface area (Å²) in [5.41, 5.74) is 2.26. The number of amides is 1. The van der Waals surface area contributed by atoms with Crippen LogP contribution in [0.25, 0.3) is 0 Å². The van der Waals surface area contributed by atoms with E-state index in [0.29, 0.717) is 23.0 Å². The summed E-state index contributed by atoms with van der Waals surface area (Å²) in [6.45, 7) is 4.38. The van der Waals surface area contributed by atoms with Gasteiger partial charge in [0.2, 0.25) is 5.91 Å². The van der Waals surface area contributed by atoms with Gasteiger partial charge in [0.1, 0.15) is 5.82 Å². The van der Waals surface area contributed by atoms with Crippen LogP contribution in [0.4, 0.5) is 5.69 Å². The first-order valence-electron chi connectivity index (χ1n) is 8.48. The predicted molar refractivity (Wildman–Crippen MR) is 105 cm³/mol. The number of carbonyl (C=O) groups is 1. The Morgan fingerprint density at radius 1 is 1.22 bits per heavy atom. The maximum atomic E-state index is 12.5. The summed E-state index contributed by atoms with van der Waals surface area (Å²) in [5.74, 6) is 0.651. The first kappa shape index (κ1) is 18.7. The molecule has 0 saturated carbocycles. The van der Waals surface area contributed by atoms with Crippen LogP contribution in [0.3, 0.4) is 0 Å². The molecule has 0 aliphatic carbocycles. The summed E-state index contributed by atoms with van der Waals surface area (Å²) < 4.78 is 2.00. The molecule has 27 heavy (non-hydrogen) atoms. The molecule has 1 aromatic heterocycles. The van der Waals surface area contributed by atoms with E-state index in [1.54, 1.807) is 24.3 Å². The highest BCUT2D eigenvalue weighted by atomic mass is 32.2. The van der Waals surface area contributed by atoms with Crippen molar-refractivity contribution in [3.63, 3.8) is 0 Å². The van der Waals surface area contributed by atoms with Crippen molar-refractivity contribution in [2.24, 2.45) is 0 Å². The fourth-order valence-electron chi connectivity index (χ4n) is 2.52. The quantitative estimate of drug-likeness (QED) is 0.663. The Hall–Kier alpha value is -3.11. The number of aryl methyl sites for hydroxylation is 1. The van der Waals surface area contributed by atoms with Crippen LogP contribution in [0.15, 0.2) is 59.8 Å². The van der Waals surface area contributed by atoms with E-state index in [1.807, 2.05) is 48.7 Å². The van der Waals surface area contributed by atoms with Crippen molar-refractivity contribution in [1.29, 1.82) is 5.26 Å². The van der Waals surface area contributed by atoms with E-state index in [0.717, 1.165) is 11.4 Å². The van der Waals surface area contributed by atoms with E-state index in [-0.39, 0.29) is 11.2 Å². The lowest BCUT2D eigenvalue weighted by Gasteiger charge is -2.13. The summed E-state index contributed by atoms with van der Waals surface area (Å²) in [7, 11) is 0. The van der Waals surface area contributed by atoms with E-state index in [1.165, 1.54) is 11.8 Å². The highest BCUT2D eigenvalue weighted by Gasteiger charge is 2.19. The number of rotatable bonds is 6. The second kappa shape index (κ2) is 8.52. The Bertz CT molecular complexity index is 978. The Labute approximate surface area is 162 Å². The number of thioether (sulfide) groups is 1. The summed E-state index contributed by atoms with van der Waals surface area (Å²) in [5, 5.41) is 20.5. The molecule has 3 rings (SSSR count). The van der Waals surface area contributed by atoms with Gasteiger partial charge in [0, 0.05) is 5.69 Å². The molecule has 3 aromatic rings. The minimum Gasteiger partial charge on any atom is -0.325 e. The Balaban J connectivity index is 1.69. The first-order chi connectivity index (χ1) is 13.1. The van der Waals surface area contributed by atoms with Gasteiger partial charge in [0.25, 0.3) is 0 Å². The number of aromatic nitrogens is 3. The molecule has 136 valence electrons. The number of nitrogens with one attached hydrogen (secondary N) is 1. The van der Waals surface area contributed by atoms with E-state index in [2.05, 4.69) is 21.6 Å². The van der Waals surface area contributed by atoms with Gasteiger partial charge in [-0.2, -0.15) is 5.26 Å². The number of hydrogen-bond acceptors (Lipinski definition) is 5. The standard InChI is InChI=1S/C20H19N5OS/c1-14(19(26)22-18-10-6-9-17(11-18)12-21)27-20-24-23-15(2)25(20)13-16-7-4-3-5-8-16/h3-11,14H,13H2,1-2H3,(H,22,26)/t14-/m1/s1. The van der Waals surface area contributed by atoms with Crippen molar-refractivity contribution < 1.29 is 4.79 Å². The zero-order valence-electron chi connectivity index (χ0n) is 15.1. The lowest BCUT2D eigenvalue weighted by Crippen LogP contribution is -2.23. The fourth-order valence-corrected chi connectivity index (χ4v) is 3.41. The number of anilines is 1. The Kier molecular flexibility index (Phi) is 5.89. The number of nitrogens with zero attached hydrogens (tertiary/aromatic N) is 4. The molecule has 1 N–H and O–H groups in total. The number of nitriles is 1. The van der Waals surface area contributed by atoms with Crippen LogP contribution < -0.4 is 5.32 Å². The van der Waals surface area contributed by atoms with Crippen LogP contribution >= 0.6 is 11.8 Å². The van der Waals surface area contributed by atoms with Gasteiger partial charge in [-0.05, 0) is 37.6 Å². The van der Waals surface area contributed by atoms with Crippen LogP contribution in [0.1, 0.15) is 23.9 Å². The van der Waals surface area contributed by atoms with Crippen molar-refractivity contribution in [1.82, 2.24) is 14.8 Å². The van der Waals surface area contributed by atoms with Crippen LogP contribution in [-0.2, 0) is 11.3 Å². The molecule has 1 heterocycles. The average molecular weight is 377 g/mol. The van der Waals surface area contributed by atoms with Gasteiger partial charge >= 0.3 is 0 Å². The lowest BCUT2D eigenvalue weighted by atomic mass is 10.2. The van der Waals surface area contributed by atoms with Crippen LogP contribution in [0.2, 0.25) is 0 Å². The largest absolute Gasteiger partial charge is 0.325 e. The third-order valence-electron chi connectivity index (χ3n) is 4.00.